The van der Waals surface area contributed by atoms with Crippen molar-refractivity contribution in [1.29, 1.82) is 0 Å². The van der Waals surface area contributed by atoms with Gasteiger partial charge in [-0.2, -0.15) is 0 Å². The van der Waals surface area contributed by atoms with Crippen molar-refractivity contribution in [3.8, 4) is 0 Å². The SMILES string of the molecule is CCn1c(=O)n(CC)c2cc3c(N4CCNCC4)ncnc3cc21. The summed E-state index contributed by atoms with van der Waals surface area (Å²) in [7, 11) is 0. The molecular formula is C17H22N6O. The second kappa shape index (κ2) is 5.90. The van der Waals surface area contributed by atoms with Crippen molar-refractivity contribution in [3.63, 3.8) is 0 Å². The third kappa shape index (κ3) is 2.19. The Balaban J connectivity index is 2.01. The molecule has 1 fully saturated rings. The third-order valence-corrected chi connectivity index (χ3v) is 4.80. The molecule has 1 aliphatic rings. The number of hydrogen-bond acceptors (Lipinski definition) is 5. The number of fused-ring (bicyclic) bond motifs is 2. The molecule has 0 aliphatic carbocycles. The lowest BCUT2D eigenvalue weighted by Gasteiger charge is -2.29. The fourth-order valence-electron chi connectivity index (χ4n) is 3.59. The van der Waals surface area contributed by atoms with E-state index in [1.165, 1.54) is 0 Å². The highest BCUT2D eigenvalue weighted by molar-refractivity contribution is 5.99. The molecule has 126 valence electrons. The monoisotopic (exact) mass is 326 g/mol. The van der Waals surface area contributed by atoms with Crippen LogP contribution in [-0.2, 0) is 13.1 Å². The highest BCUT2D eigenvalue weighted by Gasteiger charge is 2.18. The van der Waals surface area contributed by atoms with E-state index in [1.807, 2.05) is 29.0 Å². The maximum absolute atomic E-state index is 12.6. The summed E-state index contributed by atoms with van der Waals surface area (Å²) >= 11 is 0. The molecule has 0 spiro atoms. The normalized spacial score (nSPS) is 15.5. The molecule has 7 nitrogen and oxygen atoms in total. The molecule has 1 aliphatic heterocycles. The number of rotatable bonds is 3. The van der Waals surface area contributed by atoms with E-state index in [2.05, 4.69) is 26.3 Å². The number of nitrogens with zero attached hydrogens (tertiary/aromatic N) is 5. The Morgan fingerprint density at radius 3 is 2.38 bits per heavy atom. The van der Waals surface area contributed by atoms with Gasteiger partial charge in [-0.25, -0.2) is 14.8 Å². The maximum atomic E-state index is 12.6. The first-order valence-electron chi connectivity index (χ1n) is 8.58. The minimum atomic E-state index is 0.0435. The van der Waals surface area contributed by atoms with E-state index in [-0.39, 0.29) is 5.69 Å². The minimum absolute atomic E-state index is 0.0435. The van der Waals surface area contributed by atoms with Gasteiger partial charge in [0, 0.05) is 44.7 Å². The Kier molecular flexibility index (Phi) is 3.72. The van der Waals surface area contributed by atoms with Gasteiger partial charge < -0.3 is 10.2 Å². The van der Waals surface area contributed by atoms with Crippen LogP contribution in [0.4, 0.5) is 5.82 Å². The smallest absolute Gasteiger partial charge is 0.329 e. The lowest BCUT2D eigenvalue weighted by molar-refractivity contribution is 0.586. The predicted molar refractivity (Wildman–Crippen MR) is 95.7 cm³/mol. The fraction of sp³-hybridized carbons (Fsp3) is 0.471. The lowest BCUT2D eigenvalue weighted by atomic mass is 10.2. The number of hydrogen-bond donors (Lipinski definition) is 1. The van der Waals surface area contributed by atoms with Crippen LogP contribution < -0.4 is 15.9 Å². The van der Waals surface area contributed by atoms with Gasteiger partial charge in [-0.1, -0.05) is 0 Å². The molecule has 0 saturated carbocycles. The molecule has 3 heterocycles. The summed E-state index contributed by atoms with van der Waals surface area (Å²) in [5.74, 6) is 0.961. The number of imidazole rings is 1. The molecule has 0 radical (unpaired) electrons. The van der Waals surface area contributed by atoms with Crippen LogP contribution in [0.3, 0.4) is 0 Å². The standard InChI is InChI=1S/C17H22N6O/c1-3-22-14-9-12-13(10-15(14)23(4-2)17(22)24)19-11-20-16(12)21-7-5-18-6-8-21/h9-11,18H,3-8H2,1-2H3. The highest BCUT2D eigenvalue weighted by Crippen LogP contribution is 2.27. The van der Waals surface area contributed by atoms with E-state index in [1.54, 1.807) is 6.33 Å². The fourth-order valence-corrected chi connectivity index (χ4v) is 3.59. The van der Waals surface area contributed by atoms with Crippen LogP contribution in [-0.4, -0.2) is 45.3 Å². The summed E-state index contributed by atoms with van der Waals surface area (Å²) in [6, 6.07) is 4.11. The minimum Gasteiger partial charge on any atom is -0.353 e. The van der Waals surface area contributed by atoms with Crippen molar-refractivity contribution >= 4 is 27.8 Å². The number of benzene rings is 1. The van der Waals surface area contributed by atoms with Gasteiger partial charge in [0.05, 0.1) is 16.6 Å². The molecule has 4 rings (SSSR count). The van der Waals surface area contributed by atoms with Gasteiger partial charge >= 0.3 is 5.69 Å². The Morgan fingerprint density at radius 2 is 1.71 bits per heavy atom. The van der Waals surface area contributed by atoms with Crippen LogP contribution in [0.15, 0.2) is 23.3 Å². The van der Waals surface area contributed by atoms with Crippen molar-refractivity contribution in [2.75, 3.05) is 31.1 Å². The largest absolute Gasteiger partial charge is 0.353 e. The summed E-state index contributed by atoms with van der Waals surface area (Å²) in [6.07, 6.45) is 1.62. The summed E-state index contributed by atoms with van der Waals surface area (Å²) in [4.78, 5) is 23.9. The molecule has 0 atom stereocenters. The highest BCUT2D eigenvalue weighted by atomic mass is 16.1. The molecule has 0 bridgehead atoms. The Hall–Kier alpha value is -2.41. The van der Waals surface area contributed by atoms with E-state index in [0.717, 1.165) is 53.9 Å². The van der Waals surface area contributed by atoms with Crippen LogP contribution in [0.1, 0.15) is 13.8 Å². The molecule has 1 N–H and O–H groups in total. The van der Waals surface area contributed by atoms with Gasteiger partial charge in [0.2, 0.25) is 0 Å². The first kappa shape index (κ1) is 15.1. The van der Waals surface area contributed by atoms with Gasteiger partial charge in [0.25, 0.3) is 0 Å². The molecule has 1 aromatic carbocycles. The van der Waals surface area contributed by atoms with E-state index in [9.17, 15) is 4.79 Å². The summed E-state index contributed by atoms with van der Waals surface area (Å²) in [5, 5.41) is 4.38. The average molecular weight is 326 g/mol. The van der Waals surface area contributed by atoms with Crippen LogP contribution in [0.25, 0.3) is 21.9 Å². The van der Waals surface area contributed by atoms with Gasteiger partial charge in [-0.3, -0.25) is 9.13 Å². The Morgan fingerprint density at radius 1 is 1.04 bits per heavy atom. The molecular weight excluding hydrogens is 304 g/mol. The number of nitrogens with one attached hydrogen (secondary N) is 1. The summed E-state index contributed by atoms with van der Waals surface area (Å²) in [5.41, 5.74) is 2.84. The quantitative estimate of drug-likeness (QED) is 0.783. The first-order chi connectivity index (χ1) is 11.7. The summed E-state index contributed by atoms with van der Waals surface area (Å²) in [6.45, 7) is 9.09. The number of anilines is 1. The topological polar surface area (TPSA) is 68.0 Å². The zero-order valence-electron chi connectivity index (χ0n) is 14.1. The van der Waals surface area contributed by atoms with Crippen molar-refractivity contribution in [3.05, 3.63) is 28.9 Å². The molecule has 0 unspecified atom stereocenters. The van der Waals surface area contributed by atoms with Crippen molar-refractivity contribution < 1.29 is 0 Å². The molecule has 2 aromatic heterocycles. The average Bonchev–Trinajstić information content (AvgIpc) is 2.89. The van der Waals surface area contributed by atoms with Crippen LogP contribution in [0, 0.1) is 0 Å². The van der Waals surface area contributed by atoms with Crippen LogP contribution in [0.5, 0.6) is 0 Å². The molecule has 24 heavy (non-hydrogen) atoms. The Labute approximate surface area is 139 Å². The lowest BCUT2D eigenvalue weighted by Crippen LogP contribution is -2.44. The van der Waals surface area contributed by atoms with Gasteiger partial charge in [-0.15, -0.1) is 0 Å². The third-order valence-electron chi connectivity index (χ3n) is 4.80. The van der Waals surface area contributed by atoms with E-state index in [4.69, 9.17) is 0 Å². The molecule has 3 aromatic rings. The van der Waals surface area contributed by atoms with E-state index >= 15 is 0 Å². The number of aromatic nitrogens is 4. The van der Waals surface area contributed by atoms with Gasteiger partial charge in [0.1, 0.15) is 12.1 Å². The first-order valence-corrected chi connectivity index (χ1v) is 8.58. The van der Waals surface area contributed by atoms with Crippen molar-refractivity contribution in [2.45, 2.75) is 26.9 Å². The predicted octanol–water partition coefficient (Wildman–Crippen LogP) is 1.20. The molecule has 1 saturated heterocycles. The van der Waals surface area contributed by atoms with Gasteiger partial charge in [0.15, 0.2) is 0 Å². The van der Waals surface area contributed by atoms with E-state index < -0.39 is 0 Å². The van der Waals surface area contributed by atoms with Crippen LogP contribution >= 0.6 is 0 Å². The summed E-state index contributed by atoms with van der Waals surface area (Å²) < 4.78 is 3.64. The van der Waals surface area contributed by atoms with Gasteiger partial charge in [-0.05, 0) is 26.0 Å². The van der Waals surface area contributed by atoms with Crippen molar-refractivity contribution in [2.24, 2.45) is 0 Å². The van der Waals surface area contributed by atoms with E-state index in [0.29, 0.717) is 13.1 Å². The zero-order chi connectivity index (χ0) is 16.7. The number of piperazine rings is 1. The van der Waals surface area contributed by atoms with Crippen molar-refractivity contribution in [1.82, 2.24) is 24.4 Å². The zero-order valence-corrected chi connectivity index (χ0v) is 14.1. The number of aryl methyl sites for hydroxylation is 2. The van der Waals surface area contributed by atoms with Crippen LogP contribution in [0.2, 0.25) is 0 Å². The Bertz CT molecular complexity index is 951. The molecule has 7 heteroatoms. The maximum Gasteiger partial charge on any atom is 0.329 e. The second-order valence-electron chi connectivity index (χ2n) is 6.06. The molecule has 0 amide bonds. The second-order valence-corrected chi connectivity index (χ2v) is 6.06.